The van der Waals surface area contributed by atoms with E-state index >= 15 is 4.39 Å². The molecule has 2 N–H and O–H groups in total. The molecular weight excluding hydrogens is 377 g/mol. The van der Waals surface area contributed by atoms with Crippen LogP contribution in [0.25, 0.3) is 10.9 Å². The second-order valence-corrected chi connectivity index (χ2v) is 8.62. The maximum Gasteiger partial charge on any atom is 0.341 e. The van der Waals surface area contributed by atoms with Gasteiger partial charge in [0, 0.05) is 30.4 Å². The fourth-order valence-corrected chi connectivity index (χ4v) is 5.26. The van der Waals surface area contributed by atoms with E-state index in [4.69, 9.17) is 4.74 Å². The number of piperidine rings is 1. The van der Waals surface area contributed by atoms with Gasteiger partial charge in [0.15, 0.2) is 11.6 Å². The van der Waals surface area contributed by atoms with Gasteiger partial charge >= 0.3 is 5.97 Å². The van der Waals surface area contributed by atoms with E-state index in [2.05, 4.69) is 10.2 Å². The summed E-state index contributed by atoms with van der Waals surface area (Å²) in [6.07, 6.45) is 3.16. The summed E-state index contributed by atoms with van der Waals surface area (Å²) in [6, 6.07) is 2.26. The zero-order chi connectivity index (χ0) is 20.3. The summed E-state index contributed by atoms with van der Waals surface area (Å²) in [5, 5.41) is 13.2. The van der Waals surface area contributed by atoms with Crippen LogP contribution >= 0.6 is 0 Å². The second-order valence-electron chi connectivity index (χ2n) is 8.62. The molecule has 5 rings (SSSR count). The molecule has 29 heavy (non-hydrogen) atoms. The van der Waals surface area contributed by atoms with Crippen LogP contribution < -0.4 is 20.5 Å². The molecule has 2 atom stereocenters. The molecule has 2 aromatic rings. The number of carboxylic acid groups (broad SMARTS) is 1. The van der Waals surface area contributed by atoms with Gasteiger partial charge in [-0.05, 0) is 44.9 Å². The van der Waals surface area contributed by atoms with Crippen LogP contribution in [-0.2, 0) is 0 Å². The Hall–Kier alpha value is -2.61. The first-order chi connectivity index (χ1) is 13.9. The van der Waals surface area contributed by atoms with Gasteiger partial charge in [-0.2, -0.15) is 0 Å². The lowest BCUT2D eigenvalue weighted by atomic mass is 9.79. The SMILES string of the molecule is C[C@H]1COc2c(N3CCCC4(CCNC4)C3)c(F)cc3cc(C(=O)O)c(=O)n1c23. The largest absolute Gasteiger partial charge is 0.487 e. The molecule has 0 aliphatic carbocycles. The average Bonchev–Trinajstić information content (AvgIpc) is 3.12. The number of rotatable bonds is 2. The smallest absolute Gasteiger partial charge is 0.341 e. The Balaban J connectivity index is 1.72. The van der Waals surface area contributed by atoms with Crippen molar-refractivity contribution in [3.05, 3.63) is 33.9 Å². The highest BCUT2D eigenvalue weighted by atomic mass is 19.1. The molecule has 0 bridgehead atoms. The number of nitrogens with one attached hydrogen (secondary N) is 1. The summed E-state index contributed by atoms with van der Waals surface area (Å²) in [5.41, 5.74) is 0.0974. The van der Waals surface area contributed by atoms with E-state index < -0.39 is 17.3 Å². The Labute approximate surface area is 167 Å². The van der Waals surface area contributed by atoms with Crippen molar-refractivity contribution in [2.45, 2.75) is 32.2 Å². The molecule has 0 radical (unpaired) electrons. The molecule has 0 amide bonds. The maximum atomic E-state index is 15.3. The topological polar surface area (TPSA) is 83.8 Å². The van der Waals surface area contributed by atoms with Crippen LogP contribution in [-0.4, -0.2) is 48.4 Å². The van der Waals surface area contributed by atoms with E-state index in [0.29, 0.717) is 22.3 Å². The summed E-state index contributed by atoms with van der Waals surface area (Å²) in [4.78, 5) is 26.4. The van der Waals surface area contributed by atoms with Crippen molar-refractivity contribution < 1.29 is 19.0 Å². The predicted octanol–water partition coefficient (Wildman–Crippen LogP) is 2.37. The number of carboxylic acids is 1. The van der Waals surface area contributed by atoms with E-state index in [9.17, 15) is 14.7 Å². The normalized spacial score (nSPS) is 26.1. The van der Waals surface area contributed by atoms with Crippen LogP contribution in [0, 0.1) is 11.2 Å². The predicted molar refractivity (Wildman–Crippen MR) is 107 cm³/mol. The number of hydrogen-bond acceptors (Lipinski definition) is 5. The van der Waals surface area contributed by atoms with Crippen molar-refractivity contribution in [2.75, 3.05) is 37.7 Å². The summed E-state index contributed by atoms with van der Waals surface area (Å²) < 4.78 is 22.8. The van der Waals surface area contributed by atoms with Crippen molar-refractivity contribution >= 4 is 22.6 Å². The summed E-state index contributed by atoms with van der Waals surface area (Å²) in [5.74, 6) is -1.39. The minimum absolute atomic E-state index is 0.140. The Morgan fingerprint density at radius 2 is 2.21 bits per heavy atom. The molecule has 1 spiro atoms. The minimum Gasteiger partial charge on any atom is -0.487 e. The molecule has 1 aromatic carbocycles. The average molecular weight is 401 g/mol. The number of hydrogen-bond donors (Lipinski definition) is 2. The monoisotopic (exact) mass is 401 g/mol. The summed E-state index contributed by atoms with van der Waals surface area (Å²) in [7, 11) is 0. The Morgan fingerprint density at radius 3 is 2.93 bits per heavy atom. The second kappa shape index (κ2) is 6.45. The minimum atomic E-state index is -1.31. The molecule has 3 aliphatic heterocycles. The fourth-order valence-electron chi connectivity index (χ4n) is 5.26. The van der Waals surface area contributed by atoms with Crippen molar-refractivity contribution in [1.29, 1.82) is 0 Å². The fraction of sp³-hybridized carbons (Fsp3) is 0.524. The summed E-state index contributed by atoms with van der Waals surface area (Å²) in [6.45, 7) is 5.38. The molecule has 0 saturated carbocycles. The van der Waals surface area contributed by atoms with E-state index in [1.165, 1.54) is 16.7 Å². The third-order valence-corrected chi connectivity index (χ3v) is 6.65. The van der Waals surface area contributed by atoms with Crippen LogP contribution in [0.2, 0.25) is 0 Å². The number of pyridine rings is 1. The van der Waals surface area contributed by atoms with E-state index in [-0.39, 0.29) is 23.6 Å². The molecule has 3 aliphatic rings. The number of ether oxygens (including phenoxy) is 1. The number of benzene rings is 1. The van der Waals surface area contributed by atoms with Gasteiger partial charge in [-0.1, -0.05) is 0 Å². The van der Waals surface area contributed by atoms with Crippen molar-refractivity contribution in [3.8, 4) is 5.75 Å². The molecule has 1 aromatic heterocycles. The quantitative estimate of drug-likeness (QED) is 0.804. The van der Waals surface area contributed by atoms with Crippen LogP contribution in [0.4, 0.5) is 10.1 Å². The first kappa shape index (κ1) is 18.4. The molecular formula is C21H24FN3O4. The summed E-state index contributed by atoms with van der Waals surface area (Å²) >= 11 is 0. The van der Waals surface area contributed by atoms with Crippen LogP contribution in [0.3, 0.4) is 0 Å². The van der Waals surface area contributed by atoms with Crippen LogP contribution in [0.1, 0.15) is 42.6 Å². The molecule has 154 valence electrons. The van der Waals surface area contributed by atoms with E-state index in [1.54, 1.807) is 6.92 Å². The highest BCUT2D eigenvalue weighted by Gasteiger charge is 2.40. The van der Waals surface area contributed by atoms with E-state index in [0.717, 1.165) is 45.4 Å². The van der Waals surface area contributed by atoms with Crippen LogP contribution in [0.15, 0.2) is 16.9 Å². The standard InChI is InChI=1S/C21H24FN3O4/c1-12-9-29-18-16-13(7-14(20(27)28)19(26)25(12)16)8-15(22)17(18)24-6-2-3-21(11-24)4-5-23-10-21/h7-8,12,23H,2-6,9-11H2,1H3,(H,27,28)/t12-,21?/m0/s1. The lowest BCUT2D eigenvalue weighted by Crippen LogP contribution is -2.45. The van der Waals surface area contributed by atoms with Crippen molar-refractivity contribution in [3.63, 3.8) is 0 Å². The number of carbonyl (C=O) groups is 1. The first-order valence-corrected chi connectivity index (χ1v) is 10.1. The molecule has 4 heterocycles. The van der Waals surface area contributed by atoms with Gasteiger partial charge < -0.3 is 20.1 Å². The third kappa shape index (κ3) is 2.73. The number of halogens is 1. The first-order valence-electron chi connectivity index (χ1n) is 10.1. The van der Waals surface area contributed by atoms with Gasteiger partial charge in [0.25, 0.3) is 5.56 Å². The van der Waals surface area contributed by atoms with Gasteiger partial charge in [0.2, 0.25) is 0 Å². The Bertz CT molecular complexity index is 1070. The maximum absolute atomic E-state index is 15.3. The lowest BCUT2D eigenvalue weighted by Gasteiger charge is -2.42. The van der Waals surface area contributed by atoms with Gasteiger partial charge in [0.05, 0.1) is 11.6 Å². The molecule has 7 nitrogen and oxygen atoms in total. The number of nitrogens with zero attached hydrogens (tertiary/aromatic N) is 2. The highest BCUT2D eigenvalue weighted by Crippen LogP contribution is 2.45. The van der Waals surface area contributed by atoms with Gasteiger partial charge in [-0.25, -0.2) is 9.18 Å². The Morgan fingerprint density at radius 1 is 1.38 bits per heavy atom. The van der Waals surface area contributed by atoms with Crippen LogP contribution in [0.5, 0.6) is 5.75 Å². The molecule has 2 fully saturated rings. The molecule has 2 saturated heterocycles. The zero-order valence-corrected chi connectivity index (χ0v) is 16.3. The number of anilines is 1. The molecule has 8 heteroatoms. The van der Waals surface area contributed by atoms with Crippen molar-refractivity contribution in [2.24, 2.45) is 5.41 Å². The zero-order valence-electron chi connectivity index (χ0n) is 16.3. The highest BCUT2D eigenvalue weighted by molar-refractivity contribution is 5.97. The lowest BCUT2D eigenvalue weighted by molar-refractivity contribution is 0.0694. The van der Waals surface area contributed by atoms with E-state index in [1.807, 2.05) is 0 Å². The van der Waals surface area contributed by atoms with Gasteiger partial charge in [-0.15, -0.1) is 0 Å². The number of aromatic nitrogens is 1. The van der Waals surface area contributed by atoms with Gasteiger partial charge in [-0.3, -0.25) is 9.36 Å². The third-order valence-electron chi connectivity index (χ3n) is 6.65. The Kier molecular flexibility index (Phi) is 4.10. The van der Waals surface area contributed by atoms with Gasteiger partial charge in [0.1, 0.15) is 17.9 Å². The van der Waals surface area contributed by atoms with Crippen molar-refractivity contribution in [1.82, 2.24) is 9.88 Å². The number of aromatic carboxylic acids is 1. The molecule has 1 unspecified atom stereocenters.